The van der Waals surface area contributed by atoms with Gasteiger partial charge in [0, 0.05) is 44.4 Å². The van der Waals surface area contributed by atoms with Crippen molar-refractivity contribution in [1.29, 1.82) is 0 Å². The van der Waals surface area contributed by atoms with Gasteiger partial charge in [-0.2, -0.15) is 43.3 Å². The third-order valence-corrected chi connectivity index (χ3v) is 18.5. The first-order valence-corrected chi connectivity index (χ1v) is 38.2. The number of alkyl halides is 9. The monoisotopic (exact) mass is 1730 g/mol. The van der Waals surface area contributed by atoms with Crippen molar-refractivity contribution in [2.24, 2.45) is 5.73 Å². The Hall–Kier alpha value is -8.23. The number of carbonyl (C=O) groups excluding carboxylic acids is 5. The Labute approximate surface area is 681 Å². The van der Waals surface area contributed by atoms with Crippen molar-refractivity contribution >= 4 is 102 Å². The number of benzene rings is 3. The van der Waals surface area contributed by atoms with Crippen LogP contribution in [0.15, 0.2) is 115 Å². The Morgan fingerprint density at radius 1 is 0.543 bits per heavy atom. The number of hydrogen-bond donors (Lipinski definition) is 1. The molecule has 2 N–H and O–H groups in total. The molecule has 6 aliphatic heterocycles. The molecule has 0 radical (unpaired) electrons. The Balaban J connectivity index is 0.000000358. The highest BCUT2D eigenvalue weighted by Gasteiger charge is 2.64. The Morgan fingerprint density at radius 2 is 0.914 bits per heavy atom. The summed E-state index contributed by atoms with van der Waals surface area (Å²) in [6, 6.07) is 21.6. The second-order valence-electron chi connectivity index (χ2n) is 31.6. The number of rotatable bonds is 9. The Kier molecular flexibility index (Phi) is 35.6. The van der Waals surface area contributed by atoms with E-state index in [0.29, 0.717) is 43.1 Å². The lowest BCUT2D eigenvalue weighted by molar-refractivity contribution is -0.227. The molecular formula is C71H96B3ClF9N7O22S3. The van der Waals surface area contributed by atoms with Crippen LogP contribution in [-0.4, -0.2) is 209 Å². The van der Waals surface area contributed by atoms with Crippen LogP contribution in [0, 0.1) is 0 Å². The number of amides is 4. The summed E-state index contributed by atoms with van der Waals surface area (Å²) >= 11 is 4.31. The number of aromatic nitrogens is 2. The Bertz CT molecular complexity index is 4150. The molecule has 10 rings (SSSR count). The van der Waals surface area contributed by atoms with Gasteiger partial charge in [0.05, 0.1) is 63.6 Å². The predicted molar refractivity (Wildman–Crippen MR) is 410 cm³/mol. The van der Waals surface area contributed by atoms with Crippen molar-refractivity contribution in [2.45, 2.75) is 220 Å². The van der Waals surface area contributed by atoms with Crippen molar-refractivity contribution in [3.8, 4) is 22.8 Å². The first kappa shape index (κ1) is 102. The van der Waals surface area contributed by atoms with Gasteiger partial charge in [-0.05, 0) is 217 Å². The molecule has 45 heteroatoms. The topological polar surface area (TPSA) is 354 Å². The zero-order valence-corrected chi connectivity index (χ0v) is 70.9. The number of halogens is 10. The van der Waals surface area contributed by atoms with Crippen molar-refractivity contribution < 1.29 is 140 Å². The second kappa shape index (κ2) is 40.5. The molecule has 0 unspecified atom stereocenters. The molecule has 644 valence electrons. The fraction of sp³-hybridized carbons (Fsp3) is 0.563. The summed E-state index contributed by atoms with van der Waals surface area (Å²) < 4.78 is 225. The molecule has 116 heavy (non-hydrogen) atoms. The highest BCUT2D eigenvalue weighted by Crippen LogP contribution is 2.44. The fourth-order valence-electron chi connectivity index (χ4n) is 9.64. The third kappa shape index (κ3) is 31.6. The minimum atomic E-state index is -5.71. The number of primary amides is 1. The van der Waals surface area contributed by atoms with Crippen LogP contribution < -0.4 is 15.4 Å². The van der Waals surface area contributed by atoms with Gasteiger partial charge >= 0.3 is 90.8 Å². The van der Waals surface area contributed by atoms with Gasteiger partial charge in [0.2, 0.25) is 5.28 Å². The van der Waals surface area contributed by atoms with Gasteiger partial charge in [-0.25, -0.2) is 24.4 Å². The number of ketones is 1. The zero-order chi connectivity index (χ0) is 89.2. The van der Waals surface area contributed by atoms with E-state index in [0.717, 1.165) is 46.5 Å². The quantitative estimate of drug-likeness (QED) is 0.0309. The summed E-state index contributed by atoms with van der Waals surface area (Å²) in [6.45, 7) is 41.4. The number of carbonyl (C=O) groups is 5. The van der Waals surface area contributed by atoms with E-state index in [2.05, 4.69) is 14.2 Å². The molecule has 3 aromatic carbocycles. The fourth-order valence-corrected chi connectivity index (χ4v) is 10.3. The van der Waals surface area contributed by atoms with Crippen molar-refractivity contribution in [3.63, 3.8) is 0 Å². The van der Waals surface area contributed by atoms with E-state index in [9.17, 15) is 71.9 Å². The molecule has 4 aromatic rings. The smallest absolute Gasteiger partial charge is 0.457 e. The van der Waals surface area contributed by atoms with Gasteiger partial charge < -0.3 is 66.6 Å². The number of nitrogens with zero attached hydrogens (tertiary/aromatic N) is 6. The molecular weight excluding hydrogens is 1640 g/mol. The molecule has 1 aromatic heterocycles. The van der Waals surface area contributed by atoms with Crippen molar-refractivity contribution in [1.82, 2.24) is 24.7 Å². The molecule has 29 nitrogen and oxygen atoms in total. The van der Waals surface area contributed by atoms with E-state index in [-0.39, 0.29) is 76.5 Å². The first-order valence-electron chi connectivity index (χ1n) is 35.1. The lowest BCUT2D eigenvalue weighted by Gasteiger charge is -2.32. The standard InChI is InChI=1S/C17H12ClN3O2.C15H26BNO4.C12H24B2O4.C10H14F3NO5S.C9H15NO3.C8H5F6N.2O2S/c18-17-20-10-14(16(19)22)15(21-17)11-6-8-13(9-7-11)23-12-4-2-1-3-5-12;1-13(2,3)19-12(18)17-9-8-11(10-17)16-20-14(4,5)15(6,7)21-16;1-9(2)10(3,4)16-13(15-9)14-17-11(5,6)12(7,8)18-14;1-9(2,3)18-8(15)14-5-4-7(6-14)19-20(16,17)10(11,12)13;1-9(2,3)13-8(12)10-5-4-7(11)6-10;9-7(10,11)15(8(12,13)14)6-4-2-1-3-5-6;2*1-3-2/h1-10H,(H2,19,22);8H,9-10H2,1-7H3;1-8H3;4H,5-6H2,1-3H3;4-6H2,1-3H3;1-5H;;. The molecule has 7 heterocycles. The van der Waals surface area contributed by atoms with E-state index in [4.69, 9.17) is 81.0 Å². The minimum absolute atomic E-state index is 0.0506. The van der Waals surface area contributed by atoms with Crippen LogP contribution in [0.25, 0.3) is 11.3 Å². The molecule has 0 atom stereocenters. The second-order valence-corrected chi connectivity index (χ2v) is 33.8. The lowest BCUT2D eigenvalue weighted by Crippen LogP contribution is -2.48. The number of likely N-dealkylation sites (tertiary alicyclic amines) is 1. The van der Waals surface area contributed by atoms with Crippen LogP contribution >= 0.6 is 11.6 Å². The van der Waals surface area contributed by atoms with Gasteiger partial charge in [0.1, 0.15) is 34.1 Å². The summed E-state index contributed by atoms with van der Waals surface area (Å²) in [7, 11) is -7.05. The number of para-hydroxylation sites is 2. The van der Waals surface area contributed by atoms with Crippen LogP contribution in [0.5, 0.6) is 11.5 Å². The summed E-state index contributed by atoms with van der Waals surface area (Å²) in [6.07, 6.45) is -7.58. The van der Waals surface area contributed by atoms with E-state index in [1.165, 1.54) is 17.2 Å². The molecule has 0 aliphatic carbocycles. The Morgan fingerprint density at radius 3 is 1.28 bits per heavy atom. The average molecular weight is 1730 g/mol. The van der Waals surface area contributed by atoms with E-state index in [1.54, 1.807) is 49.9 Å². The van der Waals surface area contributed by atoms with Crippen LogP contribution in [0.1, 0.15) is 162 Å². The van der Waals surface area contributed by atoms with Crippen LogP contribution in [0.4, 0.5) is 59.6 Å². The molecule has 0 saturated carbocycles. The average Bonchev–Trinajstić information content (AvgIpc) is 1.60. The van der Waals surface area contributed by atoms with E-state index < -0.39 is 123 Å². The van der Waals surface area contributed by atoms with Gasteiger partial charge in [-0.15, -0.1) is 26.3 Å². The van der Waals surface area contributed by atoms with Crippen LogP contribution in [0.3, 0.4) is 0 Å². The summed E-state index contributed by atoms with van der Waals surface area (Å²) in [4.78, 5) is 67.9. The van der Waals surface area contributed by atoms with Crippen molar-refractivity contribution in [3.05, 3.63) is 125 Å². The summed E-state index contributed by atoms with van der Waals surface area (Å²) in [5, 5.41) is 0.0506. The van der Waals surface area contributed by atoms with Crippen molar-refractivity contribution in [2.75, 3.05) is 44.2 Å². The highest BCUT2D eigenvalue weighted by molar-refractivity contribution is 7.87. The molecule has 4 fully saturated rings. The number of anilines is 1. The van der Waals surface area contributed by atoms with Crippen LogP contribution in [0.2, 0.25) is 5.28 Å². The molecule has 6 aliphatic rings. The maximum absolute atomic E-state index is 12.1. The maximum Gasteiger partial charge on any atom is 0.534 e. The largest absolute Gasteiger partial charge is 0.534 e. The predicted octanol–water partition coefficient (Wildman–Crippen LogP) is 14.1. The van der Waals surface area contributed by atoms with Gasteiger partial charge in [-0.3, -0.25) is 14.5 Å². The maximum atomic E-state index is 12.1. The van der Waals surface area contributed by atoms with Crippen LogP contribution in [-0.2, 0) is 84.4 Å². The lowest BCUT2D eigenvalue weighted by atomic mass is 9.49. The van der Waals surface area contributed by atoms with Gasteiger partial charge in [0.25, 0.3) is 5.91 Å². The highest BCUT2D eigenvalue weighted by atomic mass is 35.5. The van der Waals surface area contributed by atoms with Gasteiger partial charge in [0.15, 0.2) is 5.78 Å². The first-order chi connectivity index (χ1) is 52.7. The molecule has 0 spiro atoms. The number of hydrogen-bond acceptors (Lipinski definition) is 25. The SMILES string of the molecule is CC(C)(C)OC(=O)N1CC=C(B2OC(C)(C)C(C)(C)O2)C1.CC(C)(C)OC(=O)N1CC=C(OS(=O)(=O)C(F)(F)F)C1.CC(C)(C)OC(=O)N1CCC(=O)C1.CC1(C)OB(B2OC(C)(C)C(C)(C)O2)OC1(C)C.FC(F)(F)N(c1ccccc1)C(F)(F)F.NC(=O)c1cnc(Cl)nc1-c1ccc(Oc2ccccc2)cc1.O=S=O.O=S=O. The molecule has 4 saturated heterocycles. The molecule has 4 amide bonds. The number of ether oxygens (including phenoxy) is 4. The van der Waals surface area contributed by atoms with E-state index >= 15 is 0 Å². The normalized spacial score (nSPS) is 18.1. The number of nitrogens with two attached hydrogens (primary N) is 1. The molecule has 0 bridgehead atoms. The summed E-state index contributed by atoms with van der Waals surface area (Å²) in [5.41, 5.74) is -2.73. The third-order valence-electron chi connectivity index (χ3n) is 17.3. The van der Waals surface area contributed by atoms with E-state index in [1.807, 2.05) is 161 Å². The number of Topliss-reactive ketones (excluding diaryl/α,β-unsaturated/α-hetero) is 1. The van der Waals surface area contributed by atoms with Gasteiger partial charge in [-0.1, -0.05) is 42.5 Å². The minimum Gasteiger partial charge on any atom is -0.457 e. The zero-order valence-electron chi connectivity index (χ0n) is 67.7. The summed E-state index contributed by atoms with van der Waals surface area (Å²) in [5.74, 6) is 0.434.